The maximum atomic E-state index is 12.5. The highest BCUT2D eigenvalue weighted by Crippen LogP contribution is 2.13. The number of amides is 1. The van der Waals surface area contributed by atoms with Gasteiger partial charge in [0, 0.05) is 57.2 Å². The van der Waals surface area contributed by atoms with Gasteiger partial charge in [0.2, 0.25) is 5.91 Å². The van der Waals surface area contributed by atoms with Gasteiger partial charge in [0.25, 0.3) is 0 Å². The maximum absolute atomic E-state index is 12.5. The van der Waals surface area contributed by atoms with E-state index in [0.29, 0.717) is 24.5 Å². The fourth-order valence-electron chi connectivity index (χ4n) is 3.15. The van der Waals surface area contributed by atoms with Gasteiger partial charge in [-0.3, -0.25) is 14.5 Å². The molecule has 1 aromatic carbocycles. The molecule has 0 bridgehead atoms. The van der Waals surface area contributed by atoms with E-state index in [-0.39, 0.29) is 5.91 Å². The number of aliphatic imine (C=N–C) groups is 1. The van der Waals surface area contributed by atoms with Crippen molar-refractivity contribution in [3.05, 3.63) is 53.3 Å². The normalized spacial score (nSPS) is 15.1. The van der Waals surface area contributed by atoms with Crippen LogP contribution < -0.4 is 5.32 Å². The number of nitrogens with one attached hydrogen (secondary N) is 1. The molecule has 8 heteroatoms. The number of halogens is 1. The summed E-state index contributed by atoms with van der Waals surface area (Å²) in [4.78, 5) is 21.0. The van der Waals surface area contributed by atoms with Crippen LogP contribution in [0.3, 0.4) is 0 Å². The van der Waals surface area contributed by atoms with Crippen molar-refractivity contribution in [3.8, 4) is 0 Å². The Bertz CT molecular complexity index is 768. The Hall–Kier alpha value is -2.54. The summed E-state index contributed by atoms with van der Waals surface area (Å²) >= 11 is 6.00. The Kier molecular flexibility index (Phi) is 6.70. The Labute approximate surface area is 164 Å². The molecule has 2 heterocycles. The molecule has 0 atom stereocenters. The largest absolute Gasteiger partial charge is 0.354 e. The van der Waals surface area contributed by atoms with E-state index < -0.39 is 0 Å². The number of carbonyl (C=O) groups excluding carboxylic acids is 1. The second kappa shape index (κ2) is 9.41. The van der Waals surface area contributed by atoms with Crippen LogP contribution in [-0.4, -0.2) is 71.2 Å². The van der Waals surface area contributed by atoms with E-state index in [1.54, 1.807) is 13.2 Å². The molecule has 0 spiro atoms. The lowest BCUT2D eigenvalue weighted by molar-refractivity contribution is -0.131. The molecule has 1 fully saturated rings. The number of hydrogen-bond donors (Lipinski definition) is 1. The first kappa shape index (κ1) is 19.2. The monoisotopic (exact) mass is 388 g/mol. The van der Waals surface area contributed by atoms with E-state index in [0.717, 1.165) is 37.7 Å². The number of hydrogen-bond acceptors (Lipinski definition) is 3. The molecule has 0 aliphatic carbocycles. The highest BCUT2D eigenvalue weighted by molar-refractivity contribution is 6.30. The van der Waals surface area contributed by atoms with E-state index in [1.165, 1.54) is 0 Å². The van der Waals surface area contributed by atoms with E-state index >= 15 is 0 Å². The molecular weight excluding hydrogens is 364 g/mol. The SMILES string of the molecule is CN=C(NCCn1cccn1)N1CCN(C(=O)Cc2cccc(Cl)c2)CC1. The van der Waals surface area contributed by atoms with Crippen molar-refractivity contribution in [1.29, 1.82) is 0 Å². The molecule has 1 N–H and O–H groups in total. The average molecular weight is 389 g/mol. The molecule has 27 heavy (non-hydrogen) atoms. The minimum atomic E-state index is 0.138. The predicted molar refractivity (Wildman–Crippen MR) is 107 cm³/mol. The van der Waals surface area contributed by atoms with Crippen LogP contribution in [-0.2, 0) is 17.8 Å². The molecule has 0 radical (unpaired) electrons. The molecule has 1 aliphatic rings. The third-order valence-corrected chi connectivity index (χ3v) is 4.81. The molecule has 1 saturated heterocycles. The number of rotatable bonds is 5. The molecule has 0 unspecified atom stereocenters. The van der Waals surface area contributed by atoms with E-state index in [4.69, 9.17) is 11.6 Å². The zero-order valence-electron chi connectivity index (χ0n) is 15.5. The standard InChI is InChI=1S/C19H25ClN6O/c1-21-19(22-7-9-26-8-3-6-23-26)25-12-10-24(11-13-25)18(27)15-16-4-2-5-17(20)14-16/h2-6,8,14H,7,9-13,15H2,1H3,(H,21,22). The highest BCUT2D eigenvalue weighted by Gasteiger charge is 2.23. The fourth-order valence-corrected chi connectivity index (χ4v) is 3.36. The molecule has 7 nitrogen and oxygen atoms in total. The number of guanidine groups is 1. The Morgan fingerprint density at radius 2 is 2.00 bits per heavy atom. The van der Waals surface area contributed by atoms with Gasteiger partial charge < -0.3 is 15.1 Å². The summed E-state index contributed by atoms with van der Waals surface area (Å²) in [5.74, 6) is 1.00. The maximum Gasteiger partial charge on any atom is 0.227 e. The predicted octanol–water partition coefficient (Wildman–Crippen LogP) is 1.50. The summed E-state index contributed by atoms with van der Waals surface area (Å²) in [5, 5.41) is 8.22. The van der Waals surface area contributed by atoms with Gasteiger partial charge in [-0.2, -0.15) is 5.10 Å². The first-order valence-corrected chi connectivity index (χ1v) is 9.49. The lowest BCUT2D eigenvalue weighted by Crippen LogP contribution is -2.54. The number of piperazine rings is 1. The van der Waals surface area contributed by atoms with Crippen molar-refractivity contribution >= 4 is 23.5 Å². The van der Waals surface area contributed by atoms with Crippen LogP contribution in [0.25, 0.3) is 0 Å². The van der Waals surface area contributed by atoms with Gasteiger partial charge in [0.1, 0.15) is 0 Å². The minimum Gasteiger partial charge on any atom is -0.354 e. The van der Waals surface area contributed by atoms with E-state index in [2.05, 4.69) is 20.3 Å². The zero-order valence-corrected chi connectivity index (χ0v) is 16.3. The van der Waals surface area contributed by atoms with Crippen molar-refractivity contribution < 1.29 is 4.79 Å². The Morgan fingerprint density at radius 3 is 2.67 bits per heavy atom. The first-order valence-electron chi connectivity index (χ1n) is 9.11. The van der Waals surface area contributed by atoms with E-state index in [1.807, 2.05) is 46.1 Å². The van der Waals surface area contributed by atoms with Crippen molar-refractivity contribution in [3.63, 3.8) is 0 Å². The lowest BCUT2D eigenvalue weighted by Gasteiger charge is -2.36. The average Bonchev–Trinajstić information content (AvgIpc) is 3.19. The minimum absolute atomic E-state index is 0.138. The Balaban J connectivity index is 1.44. The summed E-state index contributed by atoms with van der Waals surface area (Å²) in [6, 6.07) is 9.39. The van der Waals surface area contributed by atoms with Gasteiger partial charge in [-0.1, -0.05) is 23.7 Å². The van der Waals surface area contributed by atoms with Crippen LogP contribution in [0.2, 0.25) is 5.02 Å². The van der Waals surface area contributed by atoms with Gasteiger partial charge in [-0.05, 0) is 23.8 Å². The number of carbonyl (C=O) groups is 1. The second-order valence-corrected chi connectivity index (χ2v) is 6.85. The fraction of sp³-hybridized carbons (Fsp3) is 0.421. The van der Waals surface area contributed by atoms with Gasteiger partial charge in [-0.25, -0.2) is 0 Å². The summed E-state index contributed by atoms with van der Waals surface area (Å²) in [5.41, 5.74) is 0.950. The third-order valence-electron chi connectivity index (χ3n) is 4.57. The van der Waals surface area contributed by atoms with Crippen LogP contribution in [0.4, 0.5) is 0 Å². The topological polar surface area (TPSA) is 65.8 Å². The van der Waals surface area contributed by atoms with Gasteiger partial charge in [-0.15, -0.1) is 0 Å². The van der Waals surface area contributed by atoms with Crippen LogP contribution >= 0.6 is 11.6 Å². The number of nitrogens with zero attached hydrogens (tertiary/aromatic N) is 5. The molecule has 3 rings (SSSR count). The summed E-state index contributed by atoms with van der Waals surface area (Å²) in [6.07, 6.45) is 4.10. The number of aromatic nitrogens is 2. The summed E-state index contributed by atoms with van der Waals surface area (Å²) in [6.45, 7) is 4.45. The second-order valence-electron chi connectivity index (χ2n) is 6.42. The molecule has 0 saturated carbocycles. The lowest BCUT2D eigenvalue weighted by atomic mass is 10.1. The molecule has 1 amide bonds. The van der Waals surface area contributed by atoms with Crippen molar-refractivity contribution in [2.75, 3.05) is 39.8 Å². The van der Waals surface area contributed by atoms with Crippen LogP contribution in [0, 0.1) is 0 Å². The van der Waals surface area contributed by atoms with E-state index in [9.17, 15) is 4.79 Å². The first-order chi connectivity index (χ1) is 13.2. The molecule has 1 aromatic heterocycles. The number of benzene rings is 1. The molecule has 1 aliphatic heterocycles. The summed E-state index contributed by atoms with van der Waals surface area (Å²) in [7, 11) is 1.78. The quantitative estimate of drug-likeness (QED) is 0.622. The van der Waals surface area contributed by atoms with Crippen LogP contribution in [0.1, 0.15) is 5.56 Å². The smallest absolute Gasteiger partial charge is 0.227 e. The van der Waals surface area contributed by atoms with Gasteiger partial charge >= 0.3 is 0 Å². The molecular formula is C19H25ClN6O. The van der Waals surface area contributed by atoms with Gasteiger partial charge in [0.05, 0.1) is 13.0 Å². The van der Waals surface area contributed by atoms with Crippen LogP contribution in [0.15, 0.2) is 47.7 Å². The zero-order chi connectivity index (χ0) is 19.1. The summed E-state index contributed by atoms with van der Waals surface area (Å²) < 4.78 is 1.88. The molecule has 2 aromatic rings. The molecule has 144 valence electrons. The van der Waals surface area contributed by atoms with Crippen molar-refractivity contribution in [1.82, 2.24) is 24.9 Å². The van der Waals surface area contributed by atoms with Crippen LogP contribution in [0.5, 0.6) is 0 Å². The third kappa shape index (κ3) is 5.47. The van der Waals surface area contributed by atoms with Crippen molar-refractivity contribution in [2.24, 2.45) is 4.99 Å². The highest BCUT2D eigenvalue weighted by atomic mass is 35.5. The van der Waals surface area contributed by atoms with Crippen molar-refractivity contribution in [2.45, 2.75) is 13.0 Å². The Morgan fingerprint density at radius 1 is 1.22 bits per heavy atom. The van der Waals surface area contributed by atoms with Gasteiger partial charge in [0.15, 0.2) is 5.96 Å².